The number of nitrogens with two attached hydrogens (primary N) is 1. The predicted molar refractivity (Wildman–Crippen MR) is 73.0 cm³/mol. The normalized spacial score (nSPS) is 11.2. The summed E-state index contributed by atoms with van der Waals surface area (Å²) >= 11 is 0. The minimum Gasteiger partial charge on any atom is -0.493 e. The molecule has 0 aliphatic rings. The monoisotopic (exact) mass is 302 g/mol. The van der Waals surface area contributed by atoms with Crippen LogP contribution in [0, 0.1) is 0 Å². The van der Waals surface area contributed by atoms with Gasteiger partial charge in [-0.2, -0.15) is 0 Å². The van der Waals surface area contributed by atoms with Gasteiger partial charge in [-0.15, -0.1) is 0 Å². The quantitative estimate of drug-likeness (QED) is 0.559. The van der Waals surface area contributed by atoms with Crippen molar-refractivity contribution in [3.05, 3.63) is 24.3 Å². The van der Waals surface area contributed by atoms with E-state index in [0.29, 0.717) is 18.7 Å². The lowest BCUT2D eigenvalue weighted by Crippen LogP contribution is -2.26. The summed E-state index contributed by atoms with van der Waals surface area (Å²) in [7, 11) is -3.54. The fourth-order valence-electron chi connectivity index (χ4n) is 1.36. The molecule has 0 aliphatic heterocycles. The van der Waals surface area contributed by atoms with Gasteiger partial charge >= 0.3 is 5.97 Å². The van der Waals surface area contributed by atoms with Crippen molar-refractivity contribution in [3.8, 4) is 5.75 Å². The summed E-state index contributed by atoms with van der Waals surface area (Å²) in [6, 6.07) is 5.78. The van der Waals surface area contributed by atoms with Gasteiger partial charge in [0.25, 0.3) is 0 Å². The first kappa shape index (κ1) is 16.4. The van der Waals surface area contributed by atoms with Crippen molar-refractivity contribution >= 4 is 16.0 Å². The van der Waals surface area contributed by atoms with Crippen LogP contribution in [-0.4, -0.2) is 39.2 Å². The van der Waals surface area contributed by atoms with Crippen molar-refractivity contribution in [3.63, 3.8) is 0 Å². The summed E-state index contributed by atoms with van der Waals surface area (Å²) in [6.45, 7) is 0.741. The maximum atomic E-state index is 11.9. The molecule has 0 radical (unpaired) electrons. The molecule has 0 aromatic heterocycles. The SMILES string of the molecule is NCCCNS(=O)(=O)c1ccc(OCCC(=O)O)cc1. The van der Waals surface area contributed by atoms with E-state index in [-0.39, 0.29) is 24.5 Å². The van der Waals surface area contributed by atoms with Crippen molar-refractivity contribution < 1.29 is 23.1 Å². The average molecular weight is 302 g/mol. The van der Waals surface area contributed by atoms with E-state index < -0.39 is 16.0 Å². The smallest absolute Gasteiger partial charge is 0.306 e. The van der Waals surface area contributed by atoms with Gasteiger partial charge in [-0.25, -0.2) is 13.1 Å². The molecule has 1 aromatic carbocycles. The zero-order valence-corrected chi connectivity index (χ0v) is 11.7. The Morgan fingerprint density at radius 3 is 2.50 bits per heavy atom. The van der Waals surface area contributed by atoms with Gasteiger partial charge in [-0.1, -0.05) is 0 Å². The second kappa shape index (κ2) is 7.83. The van der Waals surface area contributed by atoms with Gasteiger partial charge in [0.15, 0.2) is 0 Å². The average Bonchev–Trinajstić information content (AvgIpc) is 2.39. The van der Waals surface area contributed by atoms with Gasteiger partial charge in [0.05, 0.1) is 17.9 Å². The Balaban J connectivity index is 2.59. The molecule has 0 unspecified atom stereocenters. The van der Waals surface area contributed by atoms with E-state index in [1.807, 2.05) is 0 Å². The summed E-state index contributed by atoms with van der Waals surface area (Å²) < 4.78 is 31.3. The van der Waals surface area contributed by atoms with E-state index in [4.69, 9.17) is 15.6 Å². The van der Waals surface area contributed by atoms with Crippen molar-refractivity contribution in [2.45, 2.75) is 17.7 Å². The lowest BCUT2D eigenvalue weighted by atomic mass is 10.3. The van der Waals surface area contributed by atoms with Crippen LogP contribution < -0.4 is 15.2 Å². The second-order valence-corrected chi connectivity index (χ2v) is 5.77. The number of sulfonamides is 1. The second-order valence-electron chi connectivity index (χ2n) is 4.00. The molecule has 0 atom stereocenters. The maximum absolute atomic E-state index is 11.9. The van der Waals surface area contributed by atoms with Crippen LogP contribution in [0.3, 0.4) is 0 Å². The zero-order valence-electron chi connectivity index (χ0n) is 10.9. The minimum absolute atomic E-state index is 0.0379. The van der Waals surface area contributed by atoms with Gasteiger partial charge in [0.1, 0.15) is 5.75 Å². The first-order valence-electron chi connectivity index (χ1n) is 6.10. The van der Waals surface area contributed by atoms with Crippen LogP contribution >= 0.6 is 0 Å². The maximum Gasteiger partial charge on any atom is 0.306 e. The molecular formula is C12H18N2O5S. The lowest BCUT2D eigenvalue weighted by Gasteiger charge is -2.08. The van der Waals surface area contributed by atoms with Crippen molar-refractivity contribution in [1.29, 1.82) is 0 Å². The Bertz CT molecular complexity index is 527. The standard InChI is InChI=1S/C12H18N2O5S/c13-7-1-8-14-20(17,18)11-4-2-10(3-5-11)19-9-6-12(15)16/h2-5,14H,1,6-9,13H2,(H,15,16). The third kappa shape index (κ3) is 5.55. The molecule has 0 saturated heterocycles. The molecule has 4 N–H and O–H groups in total. The molecule has 20 heavy (non-hydrogen) atoms. The number of benzene rings is 1. The van der Waals surface area contributed by atoms with Gasteiger partial charge in [0.2, 0.25) is 10.0 Å². The Kier molecular flexibility index (Phi) is 6.43. The fourth-order valence-corrected chi connectivity index (χ4v) is 2.44. The van der Waals surface area contributed by atoms with Gasteiger partial charge in [0, 0.05) is 6.54 Å². The molecule has 0 bridgehead atoms. The van der Waals surface area contributed by atoms with Crippen LogP contribution in [0.25, 0.3) is 0 Å². The summed E-state index contributed by atoms with van der Waals surface area (Å²) in [5.74, 6) is -0.527. The lowest BCUT2D eigenvalue weighted by molar-refractivity contribution is -0.137. The number of rotatable bonds is 9. The zero-order chi connectivity index (χ0) is 15.0. The molecule has 8 heteroatoms. The van der Waals surface area contributed by atoms with Crippen LogP contribution in [0.2, 0.25) is 0 Å². The van der Waals surface area contributed by atoms with Crippen molar-refractivity contribution in [2.24, 2.45) is 5.73 Å². The minimum atomic E-state index is -3.54. The number of aliphatic carboxylic acids is 1. The first-order chi connectivity index (χ1) is 9.45. The van der Waals surface area contributed by atoms with E-state index in [1.54, 1.807) is 0 Å². The van der Waals surface area contributed by atoms with Gasteiger partial charge < -0.3 is 15.6 Å². The fraction of sp³-hybridized carbons (Fsp3) is 0.417. The summed E-state index contributed by atoms with van der Waals surface area (Å²) in [6.07, 6.45) is 0.455. The Morgan fingerprint density at radius 1 is 1.30 bits per heavy atom. The molecular weight excluding hydrogens is 284 g/mol. The molecule has 1 aromatic rings. The number of hydrogen-bond acceptors (Lipinski definition) is 5. The topological polar surface area (TPSA) is 119 Å². The number of ether oxygens (including phenoxy) is 1. The summed E-state index contributed by atoms with van der Waals surface area (Å²) in [5.41, 5.74) is 5.29. The summed E-state index contributed by atoms with van der Waals surface area (Å²) in [4.78, 5) is 10.4. The highest BCUT2D eigenvalue weighted by Gasteiger charge is 2.12. The molecule has 112 valence electrons. The van der Waals surface area contributed by atoms with Crippen LogP contribution in [0.15, 0.2) is 29.2 Å². The molecule has 0 aliphatic carbocycles. The first-order valence-corrected chi connectivity index (χ1v) is 7.58. The molecule has 0 saturated carbocycles. The number of carboxylic acid groups (broad SMARTS) is 1. The van der Waals surface area contributed by atoms with E-state index in [9.17, 15) is 13.2 Å². The van der Waals surface area contributed by atoms with E-state index in [2.05, 4.69) is 4.72 Å². The van der Waals surface area contributed by atoms with Crippen LogP contribution in [0.4, 0.5) is 0 Å². The molecule has 1 rings (SSSR count). The Morgan fingerprint density at radius 2 is 1.95 bits per heavy atom. The largest absolute Gasteiger partial charge is 0.493 e. The number of carbonyl (C=O) groups is 1. The highest BCUT2D eigenvalue weighted by atomic mass is 32.2. The third-order valence-electron chi connectivity index (χ3n) is 2.39. The number of hydrogen-bond donors (Lipinski definition) is 3. The van der Waals surface area contributed by atoms with Crippen molar-refractivity contribution in [2.75, 3.05) is 19.7 Å². The Labute approximate surface area is 117 Å². The van der Waals surface area contributed by atoms with E-state index >= 15 is 0 Å². The number of carboxylic acids is 1. The van der Waals surface area contributed by atoms with Crippen molar-refractivity contribution in [1.82, 2.24) is 4.72 Å². The molecule has 0 amide bonds. The highest BCUT2D eigenvalue weighted by Crippen LogP contribution is 2.16. The third-order valence-corrected chi connectivity index (χ3v) is 3.87. The Hall–Kier alpha value is -1.64. The van der Waals surface area contributed by atoms with Gasteiger partial charge in [-0.05, 0) is 37.2 Å². The molecule has 0 heterocycles. The van der Waals surface area contributed by atoms with Gasteiger partial charge in [-0.3, -0.25) is 4.79 Å². The number of nitrogens with one attached hydrogen (secondary N) is 1. The van der Waals surface area contributed by atoms with Crippen LogP contribution in [0.5, 0.6) is 5.75 Å². The molecule has 0 spiro atoms. The summed E-state index contributed by atoms with van der Waals surface area (Å²) in [5, 5.41) is 8.47. The van der Waals surface area contributed by atoms with E-state index in [0.717, 1.165) is 0 Å². The predicted octanol–water partition coefficient (Wildman–Crippen LogP) is 0.167. The van der Waals surface area contributed by atoms with Crippen LogP contribution in [-0.2, 0) is 14.8 Å². The molecule has 7 nitrogen and oxygen atoms in total. The molecule has 0 fully saturated rings. The van der Waals surface area contributed by atoms with Crippen LogP contribution in [0.1, 0.15) is 12.8 Å². The van der Waals surface area contributed by atoms with E-state index in [1.165, 1.54) is 24.3 Å². The highest BCUT2D eigenvalue weighted by molar-refractivity contribution is 7.89.